The summed E-state index contributed by atoms with van der Waals surface area (Å²) in [6, 6.07) is 5.51. The molecule has 1 aromatic carbocycles. The molecule has 1 aliphatic carbocycles. The predicted molar refractivity (Wildman–Crippen MR) is 138 cm³/mol. The number of nitriles is 1. The predicted octanol–water partition coefficient (Wildman–Crippen LogP) is 5.11. The standard InChI is InChI=1S/C20H15Br2N3O2S.C3H7NO/c1-9-2-3-12-15(4-9)28-20-16(12)19(27)24-18(25-20)11(8-23)5-10-6-13(21)17(26)14(22)7-10;1-4(2)3-5/h5-7,9,26H,2-4H2,1H3,(H,24,25,27);3H,1-2H3/b11-5-;. The van der Waals surface area contributed by atoms with Crippen LogP contribution in [0.15, 0.2) is 25.9 Å². The number of nitrogens with zero attached hydrogens (tertiary/aromatic N) is 3. The van der Waals surface area contributed by atoms with Crippen molar-refractivity contribution in [3.05, 3.63) is 53.3 Å². The number of hydrogen-bond donors (Lipinski definition) is 2. The van der Waals surface area contributed by atoms with E-state index in [1.54, 1.807) is 43.6 Å². The molecule has 0 radical (unpaired) electrons. The number of halogens is 2. The monoisotopic (exact) mass is 592 g/mol. The highest BCUT2D eigenvalue weighted by Crippen LogP contribution is 2.37. The zero-order valence-electron chi connectivity index (χ0n) is 18.3. The average molecular weight is 594 g/mol. The number of aromatic hydroxyl groups is 1. The number of rotatable bonds is 3. The van der Waals surface area contributed by atoms with Crippen LogP contribution in [0, 0.1) is 17.2 Å². The fraction of sp³-hybridized carbons (Fsp3) is 0.304. The highest BCUT2D eigenvalue weighted by molar-refractivity contribution is 9.11. The Balaban J connectivity index is 0.000000555. The second-order valence-electron chi connectivity index (χ2n) is 8.02. The molecule has 1 aliphatic rings. The van der Waals surface area contributed by atoms with Gasteiger partial charge in [0.2, 0.25) is 6.41 Å². The molecule has 0 bridgehead atoms. The molecule has 33 heavy (non-hydrogen) atoms. The Kier molecular flexibility index (Phi) is 8.10. The van der Waals surface area contributed by atoms with Crippen LogP contribution in [0.3, 0.4) is 0 Å². The van der Waals surface area contributed by atoms with E-state index in [2.05, 4.69) is 54.8 Å². The number of aryl methyl sites for hydroxylation is 1. The van der Waals surface area contributed by atoms with Gasteiger partial charge in [-0.25, -0.2) is 4.98 Å². The van der Waals surface area contributed by atoms with Crippen LogP contribution in [0.5, 0.6) is 5.75 Å². The summed E-state index contributed by atoms with van der Waals surface area (Å²) in [5.74, 6) is 0.953. The number of carbonyl (C=O) groups is 1. The van der Waals surface area contributed by atoms with Gasteiger partial charge in [-0.1, -0.05) is 6.92 Å². The van der Waals surface area contributed by atoms with Gasteiger partial charge < -0.3 is 15.0 Å². The summed E-state index contributed by atoms with van der Waals surface area (Å²) in [7, 11) is 3.38. The van der Waals surface area contributed by atoms with Gasteiger partial charge in [0, 0.05) is 19.0 Å². The third kappa shape index (κ3) is 5.72. The Bertz CT molecular complexity index is 1310. The third-order valence-corrected chi connectivity index (χ3v) is 7.46. The van der Waals surface area contributed by atoms with Crippen molar-refractivity contribution in [3.8, 4) is 11.8 Å². The number of aromatic nitrogens is 2. The summed E-state index contributed by atoms with van der Waals surface area (Å²) in [4.78, 5) is 32.9. The molecule has 0 saturated heterocycles. The molecule has 0 spiro atoms. The summed E-state index contributed by atoms with van der Waals surface area (Å²) >= 11 is 8.12. The molecule has 0 fully saturated rings. The molecule has 0 saturated carbocycles. The number of fused-ring (bicyclic) bond motifs is 3. The molecule has 4 rings (SSSR count). The van der Waals surface area contributed by atoms with Crippen LogP contribution in [0.1, 0.15) is 35.2 Å². The summed E-state index contributed by atoms with van der Waals surface area (Å²) in [6.07, 6.45) is 5.33. The van der Waals surface area contributed by atoms with Gasteiger partial charge in [0.15, 0.2) is 5.82 Å². The Labute approximate surface area is 212 Å². The highest BCUT2D eigenvalue weighted by Gasteiger charge is 2.23. The number of thiophene rings is 1. The maximum atomic E-state index is 12.8. The lowest BCUT2D eigenvalue weighted by atomic mass is 9.89. The van der Waals surface area contributed by atoms with Gasteiger partial charge in [0.1, 0.15) is 16.6 Å². The third-order valence-electron chi connectivity index (χ3n) is 5.10. The minimum Gasteiger partial charge on any atom is -0.506 e. The van der Waals surface area contributed by atoms with Gasteiger partial charge in [-0.3, -0.25) is 9.59 Å². The maximum absolute atomic E-state index is 12.8. The van der Waals surface area contributed by atoms with E-state index in [0.717, 1.165) is 31.2 Å². The van der Waals surface area contributed by atoms with Gasteiger partial charge >= 0.3 is 0 Å². The first kappa shape index (κ1) is 25.1. The molecule has 2 aromatic heterocycles. The Hall–Kier alpha value is -2.48. The molecule has 10 heteroatoms. The average Bonchev–Trinajstić information content (AvgIpc) is 3.13. The molecule has 1 amide bonds. The van der Waals surface area contributed by atoms with E-state index in [0.29, 0.717) is 30.6 Å². The second-order valence-corrected chi connectivity index (χ2v) is 10.8. The van der Waals surface area contributed by atoms with E-state index in [4.69, 9.17) is 0 Å². The lowest BCUT2D eigenvalue weighted by Crippen LogP contribution is -2.14. The number of phenols is 1. The van der Waals surface area contributed by atoms with E-state index in [1.165, 1.54) is 9.78 Å². The number of aromatic amines is 1. The maximum Gasteiger partial charge on any atom is 0.260 e. The number of hydrogen-bond acceptors (Lipinski definition) is 6. The minimum absolute atomic E-state index is 0.0852. The molecular formula is C23H22Br2N4O3S. The zero-order chi connectivity index (χ0) is 24.3. The number of H-pyrrole nitrogens is 1. The van der Waals surface area contributed by atoms with Crippen molar-refractivity contribution in [3.63, 3.8) is 0 Å². The zero-order valence-corrected chi connectivity index (χ0v) is 22.3. The van der Waals surface area contributed by atoms with Crippen molar-refractivity contribution in [2.75, 3.05) is 14.1 Å². The van der Waals surface area contributed by atoms with Gasteiger partial charge in [-0.15, -0.1) is 11.3 Å². The molecule has 2 heterocycles. The second kappa shape index (κ2) is 10.6. The van der Waals surface area contributed by atoms with Crippen LogP contribution in [0.4, 0.5) is 0 Å². The quantitative estimate of drug-likeness (QED) is 0.324. The Morgan fingerprint density at radius 2 is 2.00 bits per heavy atom. The number of carbonyl (C=O) groups excluding carboxylic acids is 1. The van der Waals surface area contributed by atoms with E-state index in [-0.39, 0.29) is 22.7 Å². The van der Waals surface area contributed by atoms with Crippen LogP contribution in [0.25, 0.3) is 21.9 Å². The topological polar surface area (TPSA) is 110 Å². The first-order valence-electron chi connectivity index (χ1n) is 10.1. The molecule has 1 atom stereocenters. The minimum atomic E-state index is -0.193. The molecule has 3 aromatic rings. The molecule has 2 N–H and O–H groups in total. The van der Waals surface area contributed by atoms with Crippen LogP contribution in [-0.2, 0) is 17.6 Å². The molecular weight excluding hydrogens is 572 g/mol. The summed E-state index contributed by atoms with van der Waals surface area (Å²) in [5.41, 5.74) is 1.87. The van der Waals surface area contributed by atoms with E-state index < -0.39 is 0 Å². The molecule has 172 valence electrons. The summed E-state index contributed by atoms with van der Waals surface area (Å²) in [6.45, 7) is 2.22. The van der Waals surface area contributed by atoms with Crippen molar-refractivity contribution in [1.29, 1.82) is 5.26 Å². The van der Waals surface area contributed by atoms with Crippen molar-refractivity contribution in [1.82, 2.24) is 14.9 Å². The lowest BCUT2D eigenvalue weighted by molar-refractivity contribution is -0.115. The Morgan fingerprint density at radius 1 is 1.36 bits per heavy atom. The number of nitrogens with one attached hydrogen (secondary N) is 1. The van der Waals surface area contributed by atoms with E-state index in [1.807, 2.05) is 0 Å². The summed E-state index contributed by atoms with van der Waals surface area (Å²) in [5, 5.41) is 20.2. The van der Waals surface area contributed by atoms with Gasteiger partial charge in [0.25, 0.3) is 5.56 Å². The number of benzene rings is 1. The van der Waals surface area contributed by atoms with Gasteiger partial charge in [-0.2, -0.15) is 5.26 Å². The number of amides is 1. The van der Waals surface area contributed by atoms with Crippen LogP contribution < -0.4 is 5.56 Å². The van der Waals surface area contributed by atoms with Crippen LogP contribution in [0.2, 0.25) is 0 Å². The van der Waals surface area contributed by atoms with Crippen molar-refractivity contribution < 1.29 is 9.90 Å². The first-order chi connectivity index (χ1) is 15.6. The van der Waals surface area contributed by atoms with Crippen molar-refractivity contribution in [2.45, 2.75) is 26.2 Å². The SMILES string of the molecule is CC1CCc2c(sc3nc(/C(C#N)=C\c4cc(Br)c(O)c(Br)c4)[nH]c(=O)c23)C1.CN(C)C=O. The smallest absolute Gasteiger partial charge is 0.260 e. The fourth-order valence-electron chi connectivity index (χ4n) is 3.47. The largest absolute Gasteiger partial charge is 0.506 e. The molecule has 7 nitrogen and oxygen atoms in total. The van der Waals surface area contributed by atoms with Crippen LogP contribution >= 0.6 is 43.2 Å². The normalized spacial score (nSPS) is 15.3. The van der Waals surface area contributed by atoms with Crippen LogP contribution in [-0.4, -0.2) is 40.5 Å². The van der Waals surface area contributed by atoms with E-state index in [9.17, 15) is 20.0 Å². The van der Waals surface area contributed by atoms with Crippen molar-refractivity contribution >= 4 is 71.5 Å². The number of allylic oxidation sites excluding steroid dienone is 1. The Morgan fingerprint density at radius 3 is 2.58 bits per heavy atom. The first-order valence-corrected chi connectivity index (χ1v) is 12.5. The molecule has 0 aliphatic heterocycles. The number of phenolic OH excluding ortho intramolecular Hbond substituents is 1. The molecule has 1 unspecified atom stereocenters. The lowest BCUT2D eigenvalue weighted by Gasteiger charge is -2.17. The summed E-state index contributed by atoms with van der Waals surface area (Å²) < 4.78 is 1.00. The fourth-order valence-corrected chi connectivity index (χ4v) is 6.07. The van der Waals surface area contributed by atoms with Crippen molar-refractivity contribution in [2.24, 2.45) is 5.92 Å². The van der Waals surface area contributed by atoms with Gasteiger partial charge in [-0.05, 0) is 86.4 Å². The van der Waals surface area contributed by atoms with Gasteiger partial charge in [0.05, 0.1) is 19.9 Å². The van der Waals surface area contributed by atoms with E-state index >= 15 is 0 Å². The highest BCUT2D eigenvalue weighted by atomic mass is 79.9.